The van der Waals surface area contributed by atoms with Crippen molar-refractivity contribution in [3.05, 3.63) is 29.8 Å². The molecule has 0 saturated carbocycles. The van der Waals surface area contributed by atoms with E-state index in [1.54, 1.807) is 14.2 Å². The van der Waals surface area contributed by atoms with Crippen LogP contribution in [0, 0.1) is 0 Å². The number of carbonyl (C=O) groups excluding carboxylic acids is 1. The van der Waals surface area contributed by atoms with Crippen molar-refractivity contribution in [2.45, 2.75) is 18.6 Å². The summed E-state index contributed by atoms with van der Waals surface area (Å²) in [5, 5.41) is 2.89. The van der Waals surface area contributed by atoms with Gasteiger partial charge in [-0.25, -0.2) is 4.39 Å². The van der Waals surface area contributed by atoms with Crippen molar-refractivity contribution in [2.24, 2.45) is 0 Å². The van der Waals surface area contributed by atoms with Crippen LogP contribution in [0.3, 0.4) is 0 Å². The van der Waals surface area contributed by atoms with Crippen LogP contribution in [0.4, 0.5) is 4.39 Å². The van der Waals surface area contributed by atoms with Crippen molar-refractivity contribution in [3.63, 3.8) is 0 Å². The summed E-state index contributed by atoms with van der Waals surface area (Å²) >= 11 is 0. The Hall–Kier alpha value is -1.62. The van der Waals surface area contributed by atoms with Crippen molar-refractivity contribution in [3.8, 4) is 5.75 Å². The third kappa shape index (κ3) is 2.87. The number of halogens is 1. The van der Waals surface area contributed by atoms with E-state index in [4.69, 9.17) is 4.74 Å². The molecule has 0 aromatic heterocycles. The zero-order valence-corrected chi connectivity index (χ0v) is 11.3. The molecule has 104 valence electrons. The zero-order valence-electron chi connectivity index (χ0n) is 11.3. The van der Waals surface area contributed by atoms with Crippen molar-refractivity contribution >= 4 is 5.91 Å². The molecule has 1 aliphatic rings. The second-order valence-electron chi connectivity index (χ2n) is 4.87. The molecule has 0 radical (unpaired) electrons. The maximum Gasteiger partial charge on any atom is 0.261 e. The van der Waals surface area contributed by atoms with Gasteiger partial charge in [0.05, 0.1) is 7.11 Å². The molecule has 1 heterocycles. The molecule has 4 nitrogen and oxygen atoms in total. The fourth-order valence-corrected chi connectivity index (χ4v) is 2.35. The molecular weight excluding hydrogens is 247 g/mol. The molecule has 1 unspecified atom stereocenters. The lowest BCUT2D eigenvalue weighted by Gasteiger charge is -2.25. The number of ether oxygens (including phenoxy) is 1. The topological polar surface area (TPSA) is 41.6 Å². The summed E-state index contributed by atoms with van der Waals surface area (Å²) in [5.41, 5.74) is -0.896. The van der Waals surface area contributed by atoms with Gasteiger partial charge in [0.1, 0.15) is 5.75 Å². The average molecular weight is 266 g/mol. The lowest BCUT2D eigenvalue weighted by Crippen LogP contribution is -2.45. The Morgan fingerprint density at radius 1 is 1.53 bits per heavy atom. The highest BCUT2D eigenvalue weighted by molar-refractivity contribution is 5.85. The molecular formula is C14H19FN2O2. The molecule has 1 saturated heterocycles. The number of nitrogens with zero attached hydrogens (tertiary/aromatic N) is 1. The average Bonchev–Trinajstić information content (AvgIpc) is 2.86. The predicted molar refractivity (Wildman–Crippen MR) is 70.8 cm³/mol. The van der Waals surface area contributed by atoms with Gasteiger partial charge in [-0.1, -0.05) is 18.2 Å². The molecule has 5 heteroatoms. The van der Waals surface area contributed by atoms with E-state index < -0.39 is 11.6 Å². The summed E-state index contributed by atoms with van der Waals surface area (Å²) in [5.74, 6) is 0.239. The van der Waals surface area contributed by atoms with E-state index in [2.05, 4.69) is 5.32 Å². The fraction of sp³-hybridized carbons (Fsp3) is 0.500. The first-order valence-electron chi connectivity index (χ1n) is 6.34. The molecule has 1 aromatic carbocycles. The van der Waals surface area contributed by atoms with E-state index >= 15 is 0 Å². The molecule has 1 amide bonds. The lowest BCUT2D eigenvalue weighted by molar-refractivity contribution is -0.142. The monoisotopic (exact) mass is 266 g/mol. The first kappa shape index (κ1) is 13.8. The summed E-state index contributed by atoms with van der Waals surface area (Å²) < 4.78 is 19.6. The molecule has 0 aliphatic carbocycles. The lowest BCUT2D eigenvalue weighted by atomic mass is 10.0. The van der Waals surface area contributed by atoms with Gasteiger partial charge in [0.2, 0.25) is 5.67 Å². The van der Waals surface area contributed by atoms with Crippen LogP contribution < -0.4 is 10.1 Å². The smallest absolute Gasteiger partial charge is 0.261 e. The SMILES string of the molecule is COc1ccccc1CN(C)C(=O)C1(F)CCNC1. The van der Waals surface area contributed by atoms with Crippen LogP contribution in [-0.4, -0.2) is 43.7 Å². The molecule has 0 bridgehead atoms. The molecule has 2 rings (SSSR count). The van der Waals surface area contributed by atoms with E-state index in [0.717, 1.165) is 5.56 Å². The Labute approximate surface area is 112 Å². The van der Waals surface area contributed by atoms with Gasteiger partial charge in [-0.3, -0.25) is 4.79 Å². The number of nitrogens with one attached hydrogen (secondary N) is 1. The maximum absolute atomic E-state index is 14.4. The van der Waals surface area contributed by atoms with E-state index in [1.165, 1.54) is 4.90 Å². The molecule has 1 atom stereocenters. The van der Waals surface area contributed by atoms with Crippen molar-refractivity contribution in [2.75, 3.05) is 27.2 Å². The Balaban J connectivity index is 2.08. The second-order valence-corrected chi connectivity index (χ2v) is 4.87. The Kier molecular flexibility index (Phi) is 4.04. The van der Waals surface area contributed by atoms with Crippen LogP contribution in [0.15, 0.2) is 24.3 Å². The Bertz CT molecular complexity index is 459. The van der Waals surface area contributed by atoms with Crippen molar-refractivity contribution < 1.29 is 13.9 Å². The zero-order chi connectivity index (χ0) is 13.9. The summed E-state index contributed by atoms with van der Waals surface area (Å²) in [4.78, 5) is 13.6. The van der Waals surface area contributed by atoms with Gasteiger partial charge in [0.15, 0.2) is 0 Å². The number of hydrogen-bond acceptors (Lipinski definition) is 3. The van der Waals surface area contributed by atoms with E-state index in [0.29, 0.717) is 18.8 Å². The molecule has 1 fully saturated rings. The van der Waals surface area contributed by atoms with Gasteiger partial charge in [-0.05, 0) is 12.6 Å². The number of carbonyl (C=O) groups is 1. The second kappa shape index (κ2) is 5.57. The normalized spacial score (nSPS) is 22.3. The van der Waals surface area contributed by atoms with E-state index in [9.17, 15) is 9.18 Å². The van der Waals surface area contributed by atoms with Gasteiger partial charge >= 0.3 is 0 Å². The molecule has 19 heavy (non-hydrogen) atoms. The molecule has 0 spiro atoms. The third-order valence-corrected chi connectivity index (χ3v) is 3.43. The largest absolute Gasteiger partial charge is 0.496 e. The van der Waals surface area contributed by atoms with Crippen LogP contribution in [0.2, 0.25) is 0 Å². The van der Waals surface area contributed by atoms with Gasteiger partial charge in [-0.15, -0.1) is 0 Å². The van der Waals surface area contributed by atoms with E-state index in [1.807, 2.05) is 24.3 Å². The number of benzene rings is 1. The van der Waals surface area contributed by atoms with Crippen molar-refractivity contribution in [1.29, 1.82) is 0 Å². The molecule has 1 aliphatic heterocycles. The minimum atomic E-state index is -1.77. The Morgan fingerprint density at radius 3 is 2.89 bits per heavy atom. The standard InChI is InChI=1S/C14H19FN2O2/c1-17(13(18)14(15)7-8-16-10-14)9-11-5-3-4-6-12(11)19-2/h3-6,16H,7-10H2,1-2H3. The van der Waals surface area contributed by atoms with E-state index in [-0.39, 0.29) is 13.0 Å². The van der Waals surface area contributed by atoms with Crippen molar-refractivity contribution in [1.82, 2.24) is 10.2 Å². The van der Waals surface area contributed by atoms with Gasteiger partial charge in [-0.2, -0.15) is 0 Å². The number of para-hydroxylation sites is 1. The number of rotatable bonds is 4. The predicted octanol–water partition coefficient (Wildman–Crippen LogP) is 1.36. The summed E-state index contributed by atoms with van der Waals surface area (Å²) in [6, 6.07) is 7.44. The van der Waals surface area contributed by atoms with Crippen LogP contribution >= 0.6 is 0 Å². The van der Waals surface area contributed by atoms with Crippen LogP contribution in [0.1, 0.15) is 12.0 Å². The number of hydrogen-bond donors (Lipinski definition) is 1. The number of methoxy groups -OCH3 is 1. The highest BCUT2D eigenvalue weighted by Crippen LogP contribution is 2.25. The minimum absolute atomic E-state index is 0.0993. The highest BCUT2D eigenvalue weighted by atomic mass is 19.1. The summed E-state index contributed by atoms with van der Waals surface area (Å²) in [7, 11) is 3.20. The number of amides is 1. The summed E-state index contributed by atoms with van der Waals surface area (Å²) in [6.45, 7) is 0.987. The van der Waals surface area contributed by atoms with Gasteiger partial charge < -0.3 is 15.0 Å². The fourth-order valence-electron chi connectivity index (χ4n) is 2.35. The molecule has 1 N–H and O–H groups in total. The van der Waals surface area contributed by atoms with Crippen LogP contribution in [-0.2, 0) is 11.3 Å². The molecule has 1 aromatic rings. The quantitative estimate of drug-likeness (QED) is 0.894. The first-order valence-corrected chi connectivity index (χ1v) is 6.34. The van der Waals surface area contributed by atoms with Crippen LogP contribution in [0.25, 0.3) is 0 Å². The maximum atomic E-state index is 14.4. The van der Waals surface area contributed by atoms with Gasteiger partial charge in [0.25, 0.3) is 5.91 Å². The number of alkyl halides is 1. The highest BCUT2D eigenvalue weighted by Gasteiger charge is 2.43. The van der Waals surface area contributed by atoms with Crippen LogP contribution in [0.5, 0.6) is 5.75 Å². The summed E-state index contributed by atoms with van der Waals surface area (Å²) in [6.07, 6.45) is 0.238. The minimum Gasteiger partial charge on any atom is -0.496 e. The Morgan fingerprint density at radius 2 is 2.26 bits per heavy atom. The third-order valence-electron chi connectivity index (χ3n) is 3.43. The van der Waals surface area contributed by atoms with Gasteiger partial charge in [0, 0.05) is 32.1 Å². The first-order chi connectivity index (χ1) is 9.07.